The zero-order valence-electron chi connectivity index (χ0n) is 27.7. The van der Waals surface area contributed by atoms with Gasteiger partial charge in [0.25, 0.3) is 0 Å². The Kier molecular flexibility index (Phi) is 17.4. The summed E-state index contributed by atoms with van der Waals surface area (Å²) in [7, 11) is 0. The number of unbranched alkanes of at least 4 members (excludes halogenated alkanes) is 6. The number of carbonyl (C=O) groups excluding carboxylic acids is 4. The van der Waals surface area contributed by atoms with Crippen LogP contribution in [0.3, 0.4) is 0 Å². The highest BCUT2D eigenvalue weighted by atomic mass is 16.6. The third-order valence-electron chi connectivity index (χ3n) is 7.79. The zero-order valence-corrected chi connectivity index (χ0v) is 27.7. The zero-order chi connectivity index (χ0) is 34.4. The molecule has 2 aromatic carbocycles. The monoisotopic (exact) mass is 664 g/mol. The average molecular weight is 665 g/mol. The van der Waals surface area contributed by atoms with Crippen LogP contribution in [0.15, 0.2) is 73.8 Å². The van der Waals surface area contributed by atoms with Gasteiger partial charge in [0, 0.05) is 12.2 Å². The number of hydrogen-bond acceptors (Lipinski definition) is 10. The van der Waals surface area contributed by atoms with E-state index >= 15 is 0 Å². The quantitative estimate of drug-likeness (QED) is 0.0546. The van der Waals surface area contributed by atoms with Gasteiger partial charge in [-0.3, -0.25) is 0 Å². The molecule has 0 aliphatic heterocycles. The van der Waals surface area contributed by atoms with Gasteiger partial charge in [-0.2, -0.15) is 0 Å². The van der Waals surface area contributed by atoms with E-state index in [1.165, 1.54) is 0 Å². The summed E-state index contributed by atoms with van der Waals surface area (Å²) in [6.45, 7) is 8.65. The SMILES string of the molecule is C=CC(=O)OCCCCCCOc1ccc(C(=O)O[C@H]2CC[C@H](OC(=O)c3ccc(OCCCCCCOC(=O)C=C)cc3)CC2)cc1. The van der Waals surface area contributed by atoms with Crippen molar-refractivity contribution in [2.24, 2.45) is 0 Å². The molecule has 0 heterocycles. The number of benzene rings is 2. The van der Waals surface area contributed by atoms with E-state index in [0.717, 1.165) is 63.5 Å². The number of esters is 4. The summed E-state index contributed by atoms with van der Waals surface area (Å²) in [6.07, 6.45) is 11.5. The molecule has 10 nitrogen and oxygen atoms in total. The summed E-state index contributed by atoms with van der Waals surface area (Å²) >= 11 is 0. The lowest BCUT2D eigenvalue weighted by molar-refractivity contribution is -0.138. The van der Waals surface area contributed by atoms with Gasteiger partial charge in [-0.15, -0.1) is 0 Å². The minimum Gasteiger partial charge on any atom is -0.494 e. The molecule has 2 aromatic rings. The summed E-state index contributed by atoms with van der Waals surface area (Å²) in [5.74, 6) is -0.187. The first kappa shape index (κ1) is 37.9. The lowest BCUT2D eigenvalue weighted by atomic mass is 9.95. The van der Waals surface area contributed by atoms with Crippen molar-refractivity contribution < 1.29 is 47.6 Å². The molecule has 48 heavy (non-hydrogen) atoms. The summed E-state index contributed by atoms with van der Waals surface area (Å²) in [5.41, 5.74) is 0.919. The third-order valence-corrected chi connectivity index (χ3v) is 7.79. The molecule has 1 aliphatic rings. The number of ether oxygens (including phenoxy) is 6. The van der Waals surface area contributed by atoms with Gasteiger partial charge in [0.05, 0.1) is 37.6 Å². The minimum absolute atomic E-state index is 0.227. The van der Waals surface area contributed by atoms with E-state index in [1.54, 1.807) is 48.5 Å². The lowest BCUT2D eigenvalue weighted by Gasteiger charge is -2.28. The molecule has 0 saturated heterocycles. The lowest BCUT2D eigenvalue weighted by Crippen LogP contribution is -2.29. The summed E-state index contributed by atoms with van der Waals surface area (Å²) < 4.78 is 32.9. The molecule has 0 N–H and O–H groups in total. The highest BCUT2D eigenvalue weighted by Crippen LogP contribution is 2.26. The van der Waals surface area contributed by atoms with Gasteiger partial charge in [0.15, 0.2) is 0 Å². The van der Waals surface area contributed by atoms with Gasteiger partial charge in [-0.25, -0.2) is 19.2 Å². The molecule has 0 bridgehead atoms. The summed E-state index contributed by atoms with van der Waals surface area (Å²) in [6, 6.07) is 13.8. The molecule has 1 aliphatic carbocycles. The molecule has 0 atom stereocenters. The predicted molar refractivity (Wildman–Crippen MR) is 180 cm³/mol. The predicted octanol–water partition coefficient (Wildman–Crippen LogP) is 7.35. The molecule has 0 aromatic heterocycles. The molecule has 0 amide bonds. The van der Waals surface area contributed by atoms with Crippen LogP contribution in [0.4, 0.5) is 0 Å². The third kappa shape index (κ3) is 14.9. The van der Waals surface area contributed by atoms with Gasteiger partial charge in [0.2, 0.25) is 0 Å². The Labute approximate surface area is 283 Å². The van der Waals surface area contributed by atoms with Crippen molar-refractivity contribution in [2.75, 3.05) is 26.4 Å². The first-order valence-electron chi connectivity index (χ1n) is 16.8. The van der Waals surface area contributed by atoms with Crippen LogP contribution in [-0.2, 0) is 28.5 Å². The van der Waals surface area contributed by atoms with Crippen LogP contribution in [0.25, 0.3) is 0 Å². The van der Waals surface area contributed by atoms with Crippen molar-refractivity contribution in [1.82, 2.24) is 0 Å². The molecule has 3 rings (SSSR count). The second-order valence-electron chi connectivity index (χ2n) is 11.5. The van der Waals surface area contributed by atoms with Crippen molar-refractivity contribution in [3.05, 3.63) is 85.0 Å². The van der Waals surface area contributed by atoms with Crippen LogP contribution >= 0.6 is 0 Å². The van der Waals surface area contributed by atoms with Gasteiger partial charge >= 0.3 is 23.9 Å². The van der Waals surface area contributed by atoms with E-state index < -0.39 is 11.9 Å². The smallest absolute Gasteiger partial charge is 0.338 e. The fourth-order valence-electron chi connectivity index (χ4n) is 5.04. The van der Waals surface area contributed by atoms with E-state index in [4.69, 9.17) is 28.4 Å². The molecule has 1 fully saturated rings. The van der Waals surface area contributed by atoms with Crippen molar-refractivity contribution in [3.63, 3.8) is 0 Å². The number of hydrogen-bond donors (Lipinski definition) is 0. The molecule has 260 valence electrons. The van der Waals surface area contributed by atoms with E-state index in [1.807, 2.05) is 0 Å². The van der Waals surface area contributed by atoms with Crippen LogP contribution in [0.1, 0.15) is 97.8 Å². The highest BCUT2D eigenvalue weighted by molar-refractivity contribution is 5.90. The average Bonchev–Trinajstić information content (AvgIpc) is 3.11. The molecular weight excluding hydrogens is 616 g/mol. The second kappa shape index (κ2) is 22.1. The first-order valence-corrected chi connectivity index (χ1v) is 16.8. The van der Waals surface area contributed by atoms with Gasteiger partial charge in [-0.1, -0.05) is 13.2 Å². The van der Waals surface area contributed by atoms with Gasteiger partial charge < -0.3 is 28.4 Å². The number of carbonyl (C=O) groups is 4. The Morgan fingerprint density at radius 1 is 0.521 bits per heavy atom. The molecule has 0 radical (unpaired) electrons. The molecule has 0 unspecified atom stereocenters. The summed E-state index contributed by atoms with van der Waals surface area (Å²) in [5, 5.41) is 0. The van der Waals surface area contributed by atoms with Gasteiger partial charge in [0.1, 0.15) is 23.7 Å². The maximum Gasteiger partial charge on any atom is 0.338 e. The van der Waals surface area contributed by atoms with E-state index in [2.05, 4.69) is 13.2 Å². The normalized spacial score (nSPS) is 15.4. The second-order valence-corrected chi connectivity index (χ2v) is 11.5. The van der Waals surface area contributed by atoms with Crippen molar-refractivity contribution >= 4 is 23.9 Å². The van der Waals surface area contributed by atoms with Crippen LogP contribution in [-0.4, -0.2) is 62.5 Å². The Balaban J connectivity index is 1.25. The van der Waals surface area contributed by atoms with Crippen LogP contribution in [0.2, 0.25) is 0 Å². The first-order chi connectivity index (χ1) is 23.4. The van der Waals surface area contributed by atoms with Crippen molar-refractivity contribution in [3.8, 4) is 11.5 Å². The highest BCUT2D eigenvalue weighted by Gasteiger charge is 2.27. The molecular formula is C38H48O10. The number of rotatable bonds is 22. The largest absolute Gasteiger partial charge is 0.494 e. The maximum absolute atomic E-state index is 12.7. The fourth-order valence-corrected chi connectivity index (χ4v) is 5.04. The standard InChI is InChI=1S/C38H48O10/c1-3-35(39)45-27-11-7-5-9-25-43-31-17-13-29(14-18-31)37(41)47-33-21-23-34(24-22-33)48-38(42)30-15-19-32(20-16-30)44-26-10-6-8-12-28-46-36(40)4-2/h3-4,13-20,33-34H,1-2,5-12,21-28H2/t33-,34-. The van der Waals surface area contributed by atoms with E-state index in [9.17, 15) is 19.2 Å². The van der Waals surface area contributed by atoms with Crippen LogP contribution in [0, 0.1) is 0 Å². The van der Waals surface area contributed by atoms with Crippen molar-refractivity contribution in [2.45, 2.75) is 89.3 Å². The molecule has 0 spiro atoms. The minimum atomic E-state index is -0.397. The maximum atomic E-state index is 12.7. The van der Waals surface area contributed by atoms with E-state index in [0.29, 0.717) is 74.7 Å². The Bertz CT molecular complexity index is 1190. The van der Waals surface area contributed by atoms with Crippen molar-refractivity contribution in [1.29, 1.82) is 0 Å². The van der Waals surface area contributed by atoms with Crippen LogP contribution in [0.5, 0.6) is 11.5 Å². The Morgan fingerprint density at radius 3 is 1.19 bits per heavy atom. The van der Waals surface area contributed by atoms with Crippen LogP contribution < -0.4 is 9.47 Å². The molecule has 1 saturated carbocycles. The topological polar surface area (TPSA) is 124 Å². The van der Waals surface area contributed by atoms with Gasteiger partial charge in [-0.05, 0) is 126 Å². The van der Waals surface area contributed by atoms with E-state index in [-0.39, 0.29) is 24.1 Å². The molecule has 10 heteroatoms. The Morgan fingerprint density at radius 2 is 0.854 bits per heavy atom. The fraction of sp³-hybridized carbons (Fsp3) is 0.474. The Hall–Kier alpha value is -4.60. The summed E-state index contributed by atoms with van der Waals surface area (Å²) in [4.78, 5) is 47.4.